The molecule has 0 bridgehead atoms. The standard InChI is InChI=1S/C11H21N5O3S/c1-6-11(4,10(12)14-17)15-20(18,19)9-7(2)13-16(5)8(9)3/h15,17H,6H2,1-5H3,(H2,12,14). The van der Waals surface area contributed by atoms with Gasteiger partial charge in [0.05, 0.1) is 16.9 Å². The molecule has 4 N–H and O–H groups in total. The summed E-state index contributed by atoms with van der Waals surface area (Å²) in [6.07, 6.45) is 0.334. The van der Waals surface area contributed by atoms with Crippen molar-refractivity contribution in [2.45, 2.75) is 44.6 Å². The Balaban J connectivity index is 3.32. The molecule has 8 nitrogen and oxygen atoms in total. The van der Waals surface area contributed by atoms with E-state index in [-0.39, 0.29) is 10.7 Å². The van der Waals surface area contributed by atoms with Gasteiger partial charge in [0.2, 0.25) is 10.0 Å². The summed E-state index contributed by atoms with van der Waals surface area (Å²) in [7, 11) is -2.16. The molecule has 1 atom stereocenters. The lowest BCUT2D eigenvalue weighted by atomic mass is 10.00. The maximum Gasteiger partial charge on any atom is 0.245 e. The van der Waals surface area contributed by atoms with E-state index >= 15 is 0 Å². The van der Waals surface area contributed by atoms with Crippen molar-refractivity contribution < 1.29 is 13.6 Å². The van der Waals surface area contributed by atoms with E-state index in [9.17, 15) is 8.42 Å². The Morgan fingerprint density at radius 3 is 2.45 bits per heavy atom. The number of aryl methyl sites for hydroxylation is 2. The van der Waals surface area contributed by atoms with Crippen LogP contribution in [0.15, 0.2) is 10.1 Å². The zero-order valence-corrected chi connectivity index (χ0v) is 13.1. The fourth-order valence-electron chi connectivity index (χ4n) is 1.91. The smallest absolute Gasteiger partial charge is 0.245 e. The van der Waals surface area contributed by atoms with E-state index in [0.29, 0.717) is 17.8 Å². The molecule has 1 aromatic heterocycles. The van der Waals surface area contributed by atoms with Crippen LogP contribution in [0.1, 0.15) is 31.7 Å². The Morgan fingerprint density at radius 2 is 2.10 bits per heavy atom. The summed E-state index contributed by atoms with van der Waals surface area (Å²) in [5.41, 5.74) is 5.34. The highest BCUT2D eigenvalue weighted by Gasteiger charge is 2.35. The Bertz CT molecular complexity index is 635. The van der Waals surface area contributed by atoms with E-state index < -0.39 is 15.6 Å². The van der Waals surface area contributed by atoms with Crippen LogP contribution in [0.2, 0.25) is 0 Å². The predicted molar refractivity (Wildman–Crippen MR) is 75.1 cm³/mol. The monoisotopic (exact) mass is 303 g/mol. The van der Waals surface area contributed by atoms with E-state index in [4.69, 9.17) is 10.9 Å². The fraction of sp³-hybridized carbons (Fsp3) is 0.636. The number of hydrogen-bond acceptors (Lipinski definition) is 5. The number of nitrogens with zero attached hydrogens (tertiary/aromatic N) is 3. The van der Waals surface area contributed by atoms with Gasteiger partial charge < -0.3 is 10.9 Å². The predicted octanol–water partition coefficient (Wildman–Crippen LogP) is 0.230. The summed E-state index contributed by atoms with van der Waals surface area (Å²) in [4.78, 5) is 0.116. The SMILES string of the molecule is CCC(C)(NS(=O)(=O)c1c(C)nn(C)c1C)C(N)=NO. The molecule has 1 rings (SSSR count). The summed E-state index contributed by atoms with van der Waals surface area (Å²) in [6, 6.07) is 0. The first kappa shape index (κ1) is 16.4. The van der Waals surface area contributed by atoms with Crippen LogP contribution in [0.5, 0.6) is 0 Å². The van der Waals surface area contributed by atoms with E-state index in [0.717, 1.165) is 0 Å². The largest absolute Gasteiger partial charge is 0.409 e. The number of sulfonamides is 1. The highest BCUT2D eigenvalue weighted by molar-refractivity contribution is 7.89. The molecule has 0 aliphatic carbocycles. The second kappa shape index (κ2) is 5.41. The molecular weight excluding hydrogens is 282 g/mol. The third-order valence-corrected chi connectivity index (χ3v) is 5.30. The van der Waals surface area contributed by atoms with Crippen molar-refractivity contribution in [3.8, 4) is 0 Å². The van der Waals surface area contributed by atoms with Crippen LogP contribution in [0, 0.1) is 13.8 Å². The summed E-state index contributed by atoms with van der Waals surface area (Å²) in [6.45, 7) is 6.58. The van der Waals surface area contributed by atoms with E-state index in [1.165, 1.54) is 4.68 Å². The molecule has 0 aliphatic heterocycles. The summed E-state index contributed by atoms with van der Waals surface area (Å²) in [5.74, 6) is -0.192. The van der Waals surface area contributed by atoms with Gasteiger partial charge in [-0.3, -0.25) is 4.68 Å². The minimum absolute atomic E-state index is 0.116. The number of rotatable bonds is 5. The zero-order chi connectivity index (χ0) is 15.7. The Kier molecular flexibility index (Phi) is 4.45. The summed E-state index contributed by atoms with van der Waals surface area (Å²) in [5, 5.41) is 15.8. The number of oxime groups is 1. The molecule has 0 aromatic carbocycles. The summed E-state index contributed by atoms with van der Waals surface area (Å²) < 4.78 is 29.0. The molecule has 114 valence electrons. The van der Waals surface area contributed by atoms with Gasteiger partial charge in [0.1, 0.15) is 4.90 Å². The third kappa shape index (κ3) is 2.78. The molecule has 20 heavy (non-hydrogen) atoms. The Morgan fingerprint density at radius 1 is 1.55 bits per heavy atom. The first-order valence-corrected chi connectivity index (χ1v) is 7.59. The van der Waals surface area contributed by atoms with Gasteiger partial charge in [0.25, 0.3) is 0 Å². The second-order valence-electron chi connectivity index (χ2n) is 4.90. The van der Waals surface area contributed by atoms with Gasteiger partial charge in [-0.15, -0.1) is 0 Å². The topological polar surface area (TPSA) is 123 Å². The van der Waals surface area contributed by atoms with Gasteiger partial charge in [0.15, 0.2) is 5.84 Å². The zero-order valence-electron chi connectivity index (χ0n) is 12.3. The molecule has 0 spiro atoms. The van der Waals surface area contributed by atoms with E-state index in [2.05, 4.69) is 15.0 Å². The molecule has 1 aromatic rings. The van der Waals surface area contributed by atoms with Crippen LogP contribution >= 0.6 is 0 Å². The van der Waals surface area contributed by atoms with Crippen LogP contribution < -0.4 is 10.5 Å². The first-order valence-electron chi connectivity index (χ1n) is 6.11. The Labute approximate surface area is 118 Å². The van der Waals surface area contributed by atoms with E-state index in [1.54, 1.807) is 34.7 Å². The third-order valence-electron chi connectivity index (χ3n) is 3.45. The normalized spacial score (nSPS) is 16.1. The number of hydrogen-bond donors (Lipinski definition) is 3. The maximum absolute atomic E-state index is 12.5. The highest BCUT2D eigenvalue weighted by atomic mass is 32.2. The lowest BCUT2D eigenvalue weighted by molar-refractivity contribution is 0.310. The molecule has 0 saturated carbocycles. The minimum atomic E-state index is -3.83. The molecular formula is C11H21N5O3S. The van der Waals surface area contributed by atoms with Crippen molar-refractivity contribution >= 4 is 15.9 Å². The van der Waals surface area contributed by atoms with Gasteiger partial charge in [-0.2, -0.15) is 9.82 Å². The van der Waals surface area contributed by atoms with Crippen molar-refractivity contribution in [1.82, 2.24) is 14.5 Å². The number of aromatic nitrogens is 2. The number of nitrogens with one attached hydrogen (secondary N) is 1. The lowest BCUT2D eigenvalue weighted by Crippen LogP contribution is -2.55. The molecule has 0 aliphatic rings. The molecule has 0 radical (unpaired) electrons. The molecule has 1 unspecified atom stereocenters. The van der Waals surface area contributed by atoms with Gasteiger partial charge in [-0.05, 0) is 27.2 Å². The van der Waals surface area contributed by atoms with Crippen molar-refractivity contribution in [2.24, 2.45) is 17.9 Å². The quantitative estimate of drug-likeness (QED) is 0.311. The second-order valence-corrected chi connectivity index (χ2v) is 6.52. The van der Waals surface area contributed by atoms with Gasteiger partial charge in [-0.1, -0.05) is 12.1 Å². The van der Waals surface area contributed by atoms with Crippen LogP contribution in [0.4, 0.5) is 0 Å². The average Bonchev–Trinajstić information content (AvgIpc) is 2.61. The average molecular weight is 303 g/mol. The number of nitrogens with two attached hydrogens (primary N) is 1. The highest BCUT2D eigenvalue weighted by Crippen LogP contribution is 2.21. The molecule has 1 heterocycles. The maximum atomic E-state index is 12.5. The van der Waals surface area contributed by atoms with Crippen LogP contribution in [-0.2, 0) is 17.1 Å². The molecule has 0 saturated heterocycles. The van der Waals surface area contributed by atoms with Crippen molar-refractivity contribution in [3.05, 3.63) is 11.4 Å². The van der Waals surface area contributed by atoms with Crippen LogP contribution in [0.25, 0.3) is 0 Å². The van der Waals surface area contributed by atoms with E-state index in [1.807, 2.05) is 0 Å². The first-order chi connectivity index (χ1) is 9.09. The van der Waals surface area contributed by atoms with Crippen molar-refractivity contribution in [1.29, 1.82) is 0 Å². The van der Waals surface area contributed by atoms with Crippen molar-refractivity contribution in [3.63, 3.8) is 0 Å². The van der Waals surface area contributed by atoms with Gasteiger partial charge in [-0.25, -0.2) is 8.42 Å². The molecule has 9 heteroatoms. The number of amidine groups is 1. The van der Waals surface area contributed by atoms with Crippen molar-refractivity contribution in [2.75, 3.05) is 0 Å². The van der Waals surface area contributed by atoms with Gasteiger partial charge >= 0.3 is 0 Å². The van der Waals surface area contributed by atoms with Crippen LogP contribution in [0.3, 0.4) is 0 Å². The fourth-order valence-corrected chi connectivity index (χ4v) is 3.80. The molecule has 0 fully saturated rings. The van der Waals surface area contributed by atoms with Gasteiger partial charge in [0, 0.05) is 7.05 Å². The van der Waals surface area contributed by atoms with Crippen LogP contribution in [-0.4, -0.2) is 34.8 Å². The minimum Gasteiger partial charge on any atom is -0.409 e. The molecule has 0 amide bonds. The lowest BCUT2D eigenvalue weighted by Gasteiger charge is -2.27. The summed E-state index contributed by atoms with van der Waals surface area (Å²) >= 11 is 0. The Hall–Kier alpha value is -1.61.